The highest BCUT2D eigenvalue weighted by atomic mass is 16.5. The number of amides is 1. The van der Waals surface area contributed by atoms with E-state index in [4.69, 9.17) is 19.3 Å². The van der Waals surface area contributed by atoms with Crippen LogP contribution < -0.4 is 14.8 Å². The van der Waals surface area contributed by atoms with Gasteiger partial charge in [0.15, 0.2) is 0 Å². The second kappa shape index (κ2) is 16.6. The maximum atomic E-state index is 13.9. The molecule has 9 heteroatoms. The van der Waals surface area contributed by atoms with Gasteiger partial charge in [-0.25, -0.2) is 4.79 Å². The van der Waals surface area contributed by atoms with Crippen molar-refractivity contribution in [3.63, 3.8) is 0 Å². The van der Waals surface area contributed by atoms with Gasteiger partial charge < -0.3 is 29.5 Å². The van der Waals surface area contributed by atoms with Crippen LogP contribution in [0.4, 0.5) is 5.69 Å². The fourth-order valence-electron chi connectivity index (χ4n) is 5.40. The number of rotatable bonds is 14. The number of benzene rings is 4. The maximum Gasteiger partial charge on any atom is 0.339 e. The molecule has 4 aromatic rings. The number of nitrogens with zero attached hydrogens (tertiary/aromatic N) is 2. The standard InChI is InChI=1S/C37H41N3O6/c1-44-37(43)32-15-13-30(29-11-6-3-7-12-29)25-34(32)38-36(42)33-26-31(14-16-35(33)46-27-28-9-4-2-5-10-28)45-24-22-40-20-18-39(19-21-40)17-8-23-41/h2-7,9-16,25-26,41H,8,17-24,27H2,1H3,(H,38,42). The molecule has 2 N–H and O–H groups in total. The van der Waals surface area contributed by atoms with Crippen molar-refractivity contribution in [2.45, 2.75) is 13.0 Å². The quantitative estimate of drug-likeness (QED) is 0.182. The van der Waals surface area contributed by atoms with Crippen molar-refractivity contribution in [1.29, 1.82) is 0 Å². The van der Waals surface area contributed by atoms with Gasteiger partial charge in [-0.15, -0.1) is 0 Å². The maximum absolute atomic E-state index is 13.9. The molecule has 0 aromatic heterocycles. The first-order valence-electron chi connectivity index (χ1n) is 15.6. The van der Waals surface area contributed by atoms with Gasteiger partial charge in [0.25, 0.3) is 5.91 Å². The van der Waals surface area contributed by atoms with Gasteiger partial charge in [0.1, 0.15) is 24.7 Å². The number of aliphatic hydroxyl groups excluding tert-OH is 1. The Morgan fingerprint density at radius 3 is 2.15 bits per heavy atom. The normalized spacial score (nSPS) is 13.6. The van der Waals surface area contributed by atoms with E-state index in [1.54, 1.807) is 30.3 Å². The van der Waals surface area contributed by atoms with Crippen LogP contribution in [-0.2, 0) is 11.3 Å². The second-order valence-electron chi connectivity index (χ2n) is 11.1. The fourth-order valence-corrected chi connectivity index (χ4v) is 5.40. The number of carbonyl (C=O) groups is 2. The van der Waals surface area contributed by atoms with Gasteiger partial charge in [0, 0.05) is 45.9 Å². The third-order valence-corrected chi connectivity index (χ3v) is 7.99. The van der Waals surface area contributed by atoms with E-state index < -0.39 is 11.9 Å². The number of esters is 1. The van der Waals surface area contributed by atoms with Crippen molar-refractivity contribution in [3.8, 4) is 22.6 Å². The molecular formula is C37H41N3O6. The molecule has 1 heterocycles. The third kappa shape index (κ3) is 8.94. The van der Waals surface area contributed by atoms with Gasteiger partial charge in [-0.05, 0) is 53.4 Å². The molecule has 240 valence electrons. The number of carbonyl (C=O) groups excluding carboxylic acids is 2. The number of methoxy groups -OCH3 is 1. The van der Waals surface area contributed by atoms with E-state index in [0.29, 0.717) is 23.8 Å². The molecule has 0 atom stereocenters. The number of anilines is 1. The Kier molecular flexibility index (Phi) is 11.8. The van der Waals surface area contributed by atoms with Gasteiger partial charge in [0.05, 0.1) is 23.9 Å². The van der Waals surface area contributed by atoms with Crippen LogP contribution in [0.2, 0.25) is 0 Å². The summed E-state index contributed by atoms with van der Waals surface area (Å²) in [5.41, 5.74) is 3.61. The summed E-state index contributed by atoms with van der Waals surface area (Å²) in [4.78, 5) is 31.3. The Balaban J connectivity index is 1.33. The number of aliphatic hydroxyl groups is 1. The summed E-state index contributed by atoms with van der Waals surface area (Å²) in [5.74, 6) is -0.0544. The lowest BCUT2D eigenvalue weighted by molar-refractivity contribution is 0.0602. The zero-order valence-corrected chi connectivity index (χ0v) is 26.2. The third-order valence-electron chi connectivity index (χ3n) is 7.99. The average Bonchev–Trinajstić information content (AvgIpc) is 3.11. The smallest absolute Gasteiger partial charge is 0.339 e. The molecule has 0 unspecified atom stereocenters. The van der Waals surface area contributed by atoms with Gasteiger partial charge in [0.2, 0.25) is 0 Å². The van der Waals surface area contributed by atoms with Crippen molar-refractivity contribution < 1.29 is 28.9 Å². The molecule has 1 saturated heterocycles. The molecule has 1 fully saturated rings. The van der Waals surface area contributed by atoms with E-state index in [1.807, 2.05) is 66.7 Å². The number of nitrogens with one attached hydrogen (secondary N) is 1. The molecule has 9 nitrogen and oxygen atoms in total. The minimum absolute atomic E-state index is 0.219. The molecule has 1 amide bonds. The van der Waals surface area contributed by atoms with E-state index in [0.717, 1.165) is 62.4 Å². The first-order valence-corrected chi connectivity index (χ1v) is 15.6. The Morgan fingerprint density at radius 2 is 1.46 bits per heavy atom. The molecular weight excluding hydrogens is 582 g/mol. The van der Waals surface area contributed by atoms with Crippen LogP contribution in [-0.4, -0.2) is 86.4 Å². The van der Waals surface area contributed by atoms with Crippen LogP contribution in [0.5, 0.6) is 11.5 Å². The number of piperazine rings is 1. The molecule has 0 spiro atoms. The first-order chi connectivity index (χ1) is 22.5. The molecule has 0 bridgehead atoms. The molecule has 0 saturated carbocycles. The van der Waals surface area contributed by atoms with E-state index in [-0.39, 0.29) is 24.3 Å². The Labute approximate surface area is 270 Å². The summed E-state index contributed by atoms with van der Waals surface area (Å²) in [6.45, 7) is 6.47. The summed E-state index contributed by atoms with van der Waals surface area (Å²) in [7, 11) is 1.31. The van der Waals surface area contributed by atoms with Crippen molar-refractivity contribution in [1.82, 2.24) is 9.80 Å². The van der Waals surface area contributed by atoms with E-state index in [9.17, 15) is 9.59 Å². The van der Waals surface area contributed by atoms with Crippen LogP contribution >= 0.6 is 0 Å². The van der Waals surface area contributed by atoms with Gasteiger partial charge in [-0.1, -0.05) is 66.7 Å². The minimum atomic E-state index is -0.554. The van der Waals surface area contributed by atoms with Crippen LogP contribution in [0, 0.1) is 0 Å². The van der Waals surface area contributed by atoms with Gasteiger partial charge >= 0.3 is 5.97 Å². The van der Waals surface area contributed by atoms with Gasteiger partial charge in [-0.2, -0.15) is 0 Å². The summed E-state index contributed by atoms with van der Waals surface area (Å²) in [5, 5.41) is 12.0. The predicted octanol–water partition coefficient (Wildman–Crippen LogP) is 5.35. The number of hydrogen-bond acceptors (Lipinski definition) is 8. The largest absolute Gasteiger partial charge is 0.492 e. The highest BCUT2D eigenvalue weighted by Crippen LogP contribution is 2.30. The van der Waals surface area contributed by atoms with E-state index in [1.165, 1.54) is 7.11 Å². The van der Waals surface area contributed by atoms with Crippen LogP contribution in [0.1, 0.15) is 32.7 Å². The zero-order valence-electron chi connectivity index (χ0n) is 26.2. The summed E-state index contributed by atoms with van der Waals surface area (Å²) >= 11 is 0. The molecule has 1 aliphatic rings. The lowest BCUT2D eigenvalue weighted by Crippen LogP contribution is -2.47. The van der Waals surface area contributed by atoms with Crippen molar-refractivity contribution in [2.75, 3.05) is 64.9 Å². The van der Waals surface area contributed by atoms with Crippen LogP contribution in [0.25, 0.3) is 11.1 Å². The van der Waals surface area contributed by atoms with Crippen molar-refractivity contribution >= 4 is 17.6 Å². The first kappa shape index (κ1) is 32.7. The van der Waals surface area contributed by atoms with Crippen LogP contribution in [0.3, 0.4) is 0 Å². The Morgan fingerprint density at radius 1 is 0.761 bits per heavy atom. The van der Waals surface area contributed by atoms with Crippen molar-refractivity contribution in [3.05, 3.63) is 114 Å². The van der Waals surface area contributed by atoms with Crippen molar-refractivity contribution in [2.24, 2.45) is 0 Å². The Bertz CT molecular complexity index is 1570. The highest BCUT2D eigenvalue weighted by molar-refractivity contribution is 6.10. The molecule has 0 radical (unpaired) electrons. The lowest BCUT2D eigenvalue weighted by Gasteiger charge is -2.34. The topological polar surface area (TPSA) is 101 Å². The molecule has 0 aliphatic carbocycles. The lowest BCUT2D eigenvalue weighted by atomic mass is 10.0. The Hall–Kier alpha value is -4.70. The number of ether oxygens (including phenoxy) is 3. The number of hydrogen-bond donors (Lipinski definition) is 2. The molecule has 4 aromatic carbocycles. The summed E-state index contributed by atoms with van der Waals surface area (Å²) < 4.78 is 17.3. The summed E-state index contributed by atoms with van der Waals surface area (Å²) in [6.07, 6.45) is 0.798. The fraction of sp³-hybridized carbons (Fsp3) is 0.297. The monoisotopic (exact) mass is 623 g/mol. The minimum Gasteiger partial charge on any atom is -0.492 e. The van der Waals surface area contributed by atoms with Crippen LogP contribution in [0.15, 0.2) is 97.1 Å². The highest BCUT2D eigenvalue weighted by Gasteiger charge is 2.21. The second-order valence-corrected chi connectivity index (χ2v) is 11.1. The predicted molar refractivity (Wildman–Crippen MR) is 178 cm³/mol. The van der Waals surface area contributed by atoms with Gasteiger partial charge in [-0.3, -0.25) is 9.69 Å². The molecule has 5 rings (SSSR count). The SMILES string of the molecule is COC(=O)c1ccc(-c2ccccc2)cc1NC(=O)c1cc(OCCN2CCN(CCCO)CC2)ccc1OCc1ccccc1. The molecule has 46 heavy (non-hydrogen) atoms. The average molecular weight is 624 g/mol. The molecule has 1 aliphatic heterocycles. The van der Waals surface area contributed by atoms with E-state index >= 15 is 0 Å². The zero-order chi connectivity index (χ0) is 32.1. The van der Waals surface area contributed by atoms with E-state index in [2.05, 4.69) is 15.1 Å². The summed E-state index contributed by atoms with van der Waals surface area (Å²) in [6, 6.07) is 29.9.